The van der Waals surface area contributed by atoms with Gasteiger partial charge in [-0.25, -0.2) is 0 Å². The molecule has 0 saturated carbocycles. The van der Waals surface area contributed by atoms with Crippen LogP contribution in [0.2, 0.25) is 0 Å². The van der Waals surface area contributed by atoms with E-state index in [4.69, 9.17) is 18.9 Å². The Balaban J connectivity index is 1.74. The third-order valence-electron chi connectivity index (χ3n) is 5.67. The van der Waals surface area contributed by atoms with Gasteiger partial charge in [-0.05, 0) is 47.9 Å². The summed E-state index contributed by atoms with van der Waals surface area (Å²) in [5.41, 5.74) is 1.08. The van der Waals surface area contributed by atoms with Gasteiger partial charge in [0.2, 0.25) is 0 Å². The van der Waals surface area contributed by atoms with Crippen molar-refractivity contribution in [1.82, 2.24) is 4.90 Å². The van der Waals surface area contributed by atoms with E-state index in [0.717, 1.165) is 0 Å². The number of carbonyl (C=O) groups is 2. The molecule has 180 valence electrons. The van der Waals surface area contributed by atoms with Crippen molar-refractivity contribution in [2.24, 2.45) is 5.92 Å². The van der Waals surface area contributed by atoms with Crippen LogP contribution < -0.4 is 14.2 Å². The van der Waals surface area contributed by atoms with Crippen molar-refractivity contribution < 1.29 is 33.6 Å². The fraction of sp³-hybridized carbons (Fsp3) is 0.385. The smallest absolute Gasteiger partial charge is 0.295 e. The van der Waals surface area contributed by atoms with E-state index < -0.39 is 17.7 Å². The molecule has 1 saturated heterocycles. The minimum absolute atomic E-state index is 0.0219. The molecule has 1 unspecified atom stereocenters. The van der Waals surface area contributed by atoms with E-state index in [1.54, 1.807) is 42.5 Å². The molecule has 1 amide bonds. The van der Waals surface area contributed by atoms with E-state index in [1.807, 2.05) is 0 Å². The van der Waals surface area contributed by atoms with Gasteiger partial charge in [0.05, 0.1) is 24.8 Å². The lowest BCUT2D eigenvalue weighted by Crippen LogP contribution is -2.32. The lowest BCUT2D eigenvalue weighted by molar-refractivity contribution is -0.140. The predicted octanol–water partition coefficient (Wildman–Crippen LogP) is 3.56. The van der Waals surface area contributed by atoms with Gasteiger partial charge in [0, 0.05) is 19.2 Å². The largest absolute Gasteiger partial charge is 0.507 e. The molecule has 1 fully saturated rings. The zero-order valence-corrected chi connectivity index (χ0v) is 19.6. The van der Waals surface area contributed by atoms with E-state index in [1.165, 1.54) is 12.0 Å². The molecule has 2 heterocycles. The summed E-state index contributed by atoms with van der Waals surface area (Å²) >= 11 is 0. The second kappa shape index (κ2) is 10.2. The summed E-state index contributed by atoms with van der Waals surface area (Å²) in [4.78, 5) is 27.4. The highest BCUT2D eigenvalue weighted by atomic mass is 16.6. The van der Waals surface area contributed by atoms with Gasteiger partial charge >= 0.3 is 0 Å². The molecule has 4 rings (SSSR count). The molecule has 34 heavy (non-hydrogen) atoms. The van der Waals surface area contributed by atoms with Crippen LogP contribution in [0.25, 0.3) is 5.76 Å². The van der Waals surface area contributed by atoms with E-state index in [0.29, 0.717) is 54.1 Å². The van der Waals surface area contributed by atoms with Crippen molar-refractivity contribution in [3.05, 3.63) is 59.2 Å². The summed E-state index contributed by atoms with van der Waals surface area (Å²) in [6.45, 7) is 5.98. The number of rotatable bonds is 8. The van der Waals surface area contributed by atoms with Gasteiger partial charge in [0.25, 0.3) is 11.7 Å². The first kappa shape index (κ1) is 23.6. The molecule has 8 nitrogen and oxygen atoms in total. The quantitative estimate of drug-likeness (QED) is 0.360. The number of aliphatic hydroxyl groups is 1. The summed E-state index contributed by atoms with van der Waals surface area (Å²) in [5.74, 6) is 0.502. The Hall–Kier alpha value is -3.52. The SMILES string of the molecule is COCCN1C(=O)C(=O)/C(=C(\O)c2ccc(OCC(C)C)cc2)C1c1ccc2c(c1)OCCO2. The molecule has 2 aromatic rings. The molecule has 2 aliphatic heterocycles. The van der Waals surface area contributed by atoms with Gasteiger partial charge in [-0.2, -0.15) is 0 Å². The Morgan fingerprint density at radius 3 is 2.47 bits per heavy atom. The van der Waals surface area contributed by atoms with Gasteiger partial charge in [-0.15, -0.1) is 0 Å². The molecular weight excluding hydrogens is 438 g/mol. The molecule has 8 heteroatoms. The van der Waals surface area contributed by atoms with E-state index in [-0.39, 0.29) is 24.5 Å². The summed E-state index contributed by atoms with van der Waals surface area (Å²) in [6, 6.07) is 11.3. The second-order valence-electron chi connectivity index (χ2n) is 8.62. The number of ether oxygens (including phenoxy) is 4. The molecule has 1 N–H and O–H groups in total. The average molecular weight is 468 g/mol. The van der Waals surface area contributed by atoms with Crippen LogP contribution in [0.1, 0.15) is 31.0 Å². The highest BCUT2D eigenvalue weighted by Crippen LogP contribution is 2.42. The highest BCUT2D eigenvalue weighted by molar-refractivity contribution is 6.46. The maximum Gasteiger partial charge on any atom is 0.295 e. The lowest BCUT2D eigenvalue weighted by Gasteiger charge is -2.26. The fourth-order valence-electron chi connectivity index (χ4n) is 4.00. The second-order valence-corrected chi connectivity index (χ2v) is 8.62. The molecule has 2 aromatic carbocycles. The van der Waals surface area contributed by atoms with Crippen molar-refractivity contribution >= 4 is 17.4 Å². The molecule has 0 aliphatic carbocycles. The standard InChI is InChI=1S/C26H29NO7/c1-16(2)15-34-19-7-4-17(5-8-19)24(28)22-23(27(10-11-31-3)26(30)25(22)29)18-6-9-20-21(14-18)33-13-12-32-20/h4-9,14,16,23,28H,10-13,15H2,1-3H3/b24-22-. The number of likely N-dealkylation sites (tertiary alicyclic amines) is 1. The number of nitrogens with zero attached hydrogens (tertiary/aromatic N) is 1. The Bertz CT molecular complexity index is 1090. The molecule has 0 radical (unpaired) electrons. The number of hydrogen-bond donors (Lipinski definition) is 1. The number of hydrogen-bond acceptors (Lipinski definition) is 7. The summed E-state index contributed by atoms with van der Waals surface area (Å²) in [7, 11) is 1.53. The maximum atomic E-state index is 13.1. The van der Waals surface area contributed by atoms with Crippen LogP contribution in [0.5, 0.6) is 17.2 Å². The molecule has 2 aliphatic rings. The van der Waals surface area contributed by atoms with Crippen LogP contribution in [0.4, 0.5) is 0 Å². The van der Waals surface area contributed by atoms with Crippen molar-refractivity contribution in [3.63, 3.8) is 0 Å². The van der Waals surface area contributed by atoms with Crippen LogP contribution in [-0.2, 0) is 14.3 Å². The fourth-order valence-corrected chi connectivity index (χ4v) is 4.00. The maximum absolute atomic E-state index is 13.1. The number of amides is 1. The molecular formula is C26H29NO7. The summed E-state index contributed by atoms with van der Waals surface area (Å²) in [6.07, 6.45) is 0. The Morgan fingerprint density at radius 2 is 1.79 bits per heavy atom. The first-order valence-corrected chi connectivity index (χ1v) is 11.3. The van der Waals surface area contributed by atoms with Crippen molar-refractivity contribution in [1.29, 1.82) is 0 Å². The van der Waals surface area contributed by atoms with E-state index in [9.17, 15) is 14.7 Å². The van der Waals surface area contributed by atoms with Crippen LogP contribution in [0.3, 0.4) is 0 Å². The van der Waals surface area contributed by atoms with Crippen LogP contribution in [0.15, 0.2) is 48.0 Å². The number of fused-ring (bicyclic) bond motifs is 1. The van der Waals surface area contributed by atoms with Crippen LogP contribution in [-0.4, -0.2) is 61.8 Å². The number of benzene rings is 2. The lowest BCUT2D eigenvalue weighted by atomic mass is 9.95. The molecule has 0 bridgehead atoms. The van der Waals surface area contributed by atoms with Gasteiger partial charge in [0.15, 0.2) is 11.5 Å². The van der Waals surface area contributed by atoms with Crippen LogP contribution in [0, 0.1) is 5.92 Å². The van der Waals surface area contributed by atoms with Gasteiger partial charge < -0.3 is 29.0 Å². The van der Waals surface area contributed by atoms with E-state index >= 15 is 0 Å². The van der Waals surface area contributed by atoms with Gasteiger partial charge in [0.1, 0.15) is 24.7 Å². The number of methoxy groups -OCH3 is 1. The first-order chi connectivity index (χ1) is 16.4. The minimum Gasteiger partial charge on any atom is -0.507 e. The number of carbonyl (C=O) groups excluding carboxylic acids is 2. The Kier molecular flexibility index (Phi) is 7.07. The minimum atomic E-state index is -0.789. The molecule has 1 atom stereocenters. The summed E-state index contributed by atoms with van der Waals surface area (Å²) in [5, 5.41) is 11.2. The zero-order chi connectivity index (χ0) is 24.2. The zero-order valence-electron chi connectivity index (χ0n) is 19.6. The van der Waals surface area contributed by atoms with Crippen molar-refractivity contribution in [2.45, 2.75) is 19.9 Å². The monoisotopic (exact) mass is 467 g/mol. The normalized spacial score (nSPS) is 19.1. The van der Waals surface area contributed by atoms with Crippen molar-refractivity contribution in [2.75, 3.05) is 40.1 Å². The Morgan fingerprint density at radius 1 is 1.09 bits per heavy atom. The van der Waals surface area contributed by atoms with Gasteiger partial charge in [-0.1, -0.05) is 19.9 Å². The number of Topliss-reactive ketones (excluding diaryl/α,β-unsaturated/α-hetero) is 1. The summed E-state index contributed by atoms with van der Waals surface area (Å²) < 4.78 is 22.2. The number of ketones is 1. The van der Waals surface area contributed by atoms with E-state index in [2.05, 4.69) is 13.8 Å². The predicted molar refractivity (Wildman–Crippen MR) is 125 cm³/mol. The number of aliphatic hydroxyl groups excluding tert-OH is 1. The third-order valence-corrected chi connectivity index (χ3v) is 5.67. The highest BCUT2D eigenvalue weighted by Gasteiger charge is 2.46. The first-order valence-electron chi connectivity index (χ1n) is 11.3. The molecule has 0 spiro atoms. The molecule has 0 aromatic heterocycles. The average Bonchev–Trinajstić information content (AvgIpc) is 3.10. The third kappa shape index (κ3) is 4.72. The van der Waals surface area contributed by atoms with Crippen LogP contribution >= 0.6 is 0 Å². The van der Waals surface area contributed by atoms with Crippen molar-refractivity contribution in [3.8, 4) is 17.2 Å². The Labute approximate surface area is 198 Å². The topological polar surface area (TPSA) is 94.5 Å². The van der Waals surface area contributed by atoms with Gasteiger partial charge in [-0.3, -0.25) is 9.59 Å².